The molecule has 1 amide bonds. The molecule has 3 rings (SSSR count). The number of piperidine rings is 1. The van der Waals surface area contributed by atoms with Crippen molar-refractivity contribution >= 4 is 17.2 Å². The minimum atomic E-state index is -4.29. The van der Waals surface area contributed by atoms with Crippen molar-refractivity contribution < 1.29 is 18.0 Å². The van der Waals surface area contributed by atoms with E-state index in [1.54, 1.807) is 20.9 Å². The topological polar surface area (TPSA) is 51.0 Å². The normalized spacial score (nSPS) is 18.5. The number of hydrogen-bond acceptors (Lipinski definition) is 4. The molecule has 1 saturated heterocycles. The van der Waals surface area contributed by atoms with Crippen molar-refractivity contribution in [1.29, 1.82) is 0 Å². The Morgan fingerprint density at radius 2 is 2.24 bits per heavy atom. The number of amides is 1. The summed E-state index contributed by atoms with van der Waals surface area (Å²) in [7, 11) is 0. The van der Waals surface area contributed by atoms with Gasteiger partial charge in [0.1, 0.15) is 5.69 Å². The average Bonchev–Trinajstić information content (AvgIpc) is 3.23. The smallest absolute Gasteiger partial charge is 0.342 e. The van der Waals surface area contributed by atoms with Crippen LogP contribution in [0.15, 0.2) is 23.0 Å². The number of halogens is 3. The SMILES string of the molecule is O=C(CCC(F)(F)F)N1CCC[C@@H](Cn2cc(-c3ccsc3)nn2)C1. The zero-order valence-corrected chi connectivity index (χ0v) is 14.4. The van der Waals surface area contributed by atoms with Gasteiger partial charge in [-0.05, 0) is 30.2 Å². The Hall–Kier alpha value is -1.90. The van der Waals surface area contributed by atoms with Crippen LogP contribution in [0.25, 0.3) is 11.3 Å². The Bertz CT molecular complexity index is 699. The van der Waals surface area contributed by atoms with Crippen LogP contribution in [0.5, 0.6) is 0 Å². The summed E-state index contributed by atoms with van der Waals surface area (Å²) < 4.78 is 38.6. The molecule has 2 aromatic rings. The first kappa shape index (κ1) is 17.9. The zero-order valence-electron chi connectivity index (χ0n) is 13.6. The molecule has 2 aromatic heterocycles. The van der Waals surface area contributed by atoms with Gasteiger partial charge in [-0.15, -0.1) is 5.10 Å². The predicted molar refractivity (Wildman–Crippen MR) is 87.9 cm³/mol. The molecular formula is C16H19F3N4OS. The fourth-order valence-corrected chi connectivity index (χ4v) is 3.69. The summed E-state index contributed by atoms with van der Waals surface area (Å²) in [6.07, 6.45) is -2.22. The Balaban J connectivity index is 1.54. The summed E-state index contributed by atoms with van der Waals surface area (Å²) in [6.45, 7) is 1.62. The maximum absolute atomic E-state index is 12.3. The lowest BCUT2D eigenvalue weighted by atomic mass is 9.97. The number of aromatic nitrogens is 3. The number of carbonyl (C=O) groups is 1. The standard InChI is InChI=1S/C16H19F3N4OS/c17-16(18,19)5-3-15(24)22-6-1-2-12(8-22)9-23-10-14(20-21-23)13-4-7-25-11-13/h4,7,10-12H,1-3,5-6,8-9H2/t12-/m1/s1. The monoisotopic (exact) mass is 372 g/mol. The second-order valence-electron chi connectivity index (χ2n) is 6.30. The van der Waals surface area contributed by atoms with E-state index in [1.807, 2.05) is 23.0 Å². The van der Waals surface area contributed by atoms with E-state index in [1.165, 1.54) is 0 Å². The van der Waals surface area contributed by atoms with Crippen molar-refractivity contribution in [2.45, 2.75) is 38.4 Å². The van der Waals surface area contributed by atoms with Gasteiger partial charge < -0.3 is 4.90 Å². The minimum absolute atomic E-state index is 0.181. The summed E-state index contributed by atoms with van der Waals surface area (Å²) in [5.41, 5.74) is 1.82. The lowest BCUT2D eigenvalue weighted by Gasteiger charge is -2.32. The van der Waals surface area contributed by atoms with Gasteiger partial charge in [0.15, 0.2) is 0 Å². The van der Waals surface area contributed by atoms with E-state index in [0.29, 0.717) is 19.6 Å². The van der Waals surface area contributed by atoms with Crippen LogP contribution >= 0.6 is 11.3 Å². The highest BCUT2D eigenvalue weighted by Crippen LogP contribution is 2.24. The molecule has 0 spiro atoms. The molecule has 0 saturated carbocycles. The predicted octanol–water partition coefficient (Wildman–Crippen LogP) is 3.59. The average molecular weight is 372 g/mol. The maximum atomic E-state index is 12.3. The molecular weight excluding hydrogens is 353 g/mol. The van der Waals surface area contributed by atoms with E-state index >= 15 is 0 Å². The van der Waals surface area contributed by atoms with E-state index in [2.05, 4.69) is 10.3 Å². The van der Waals surface area contributed by atoms with Crippen molar-refractivity contribution in [2.75, 3.05) is 13.1 Å². The number of rotatable bonds is 5. The third-order valence-electron chi connectivity index (χ3n) is 4.29. The van der Waals surface area contributed by atoms with Gasteiger partial charge in [-0.3, -0.25) is 9.48 Å². The van der Waals surface area contributed by atoms with Crippen molar-refractivity contribution in [2.24, 2.45) is 5.92 Å². The molecule has 1 aliphatic heterocycles. The van der Waals surface area contributed by atoms with Crippen LogP contribution in [0.1, 0.15) is 25.7 Å². The Morgan fingerprint density at radius 1 is 1.40 bits per heavy atom. The second-order valence-corrected chi connectivity index (χ2v) is 7.08. The Morgan fingerprint density at radius 3 is 2.96 bits per heavy atom. The first-order valence-corrected chi connectivity index (χ1v) is 9.12. The van der Waals surface area contributed by atoms with E-state index in [0.717, 1.165) is 24.1 Å². The van der Waals surface area contributed by atoms with Crippen LogP contribution < -0.4 is 0 Å². The van der Waals surface area contributed by atoms with Crippen molar-refractivity contribution in [3.63, 3.8) is 0 Å². The summed E-state index contributed by atoms with van der Waals surface area (Å²) in [5.74, 6) is -0.236. The first-order chi connectivity index (χ1) is 11.9. The molecule has 25 heavy (non-hydrogen) atoms. The summed E-state index contributed by atoms with van der Waals surface area (Å²) in [4.78, 5) is 13.5. The highest BCUT2D eigenvalue weighted by atomic mass is 32.1. The van der Waals surface area contributed by atoms with Gasteiger partial charge in [-0.1, -0.05) is 5.21 Å². The molecule has 5 nitrogen and oxygen atoms in total. The molecule has 0 unspecified atom stereocenters. The third-order valence-corrected chi connectivity index (χ3v) is 4.98. The molecule has 0 aromatic carbocycles. The summed E-state index contributed by atoms with van der Waals surface area (Å²) in [6, 6.07) is 1.97. The molecule has 0 aliphatic carbocycles. The molecule has 3 heterocycles. The molecule has 1 aliphatic rings. The fourth-order valence-electron chi connectivity index (χ4n) is 3.04. The van der Waals surface area contributed by atoms with Gasteiger partial charge >= 0.3 is 6.18 Å². The lowest BCUT2D eigenvalue weighted by Crippen LogP contribution is -2.41. The van der Waals surface area contributed by atoms with E-state index in [-0.39, 0.29) is 5.92 Å². The van der Waals surface area contributed by atoms with Gasteiger partial charge in [0.05, 0.1) is 12.6 Å². The number of alkyl halides is 3. The molecule has 0 N–H and O–H groups in total. The molecule has 1 atom stereocenters. The number of nitrogens with zero attached hydrogens (tertiary/aromatic N) is 4. The van der Waals surface area contributed by atoms with Crippen LogP contribution in [0.3, 0.4) is 0 Å². The quantitative estimate of drug-likeness (QED) is 0.806. The maximum Gasteiger partial charge on any atom is 0.389 e. The van der Waals surface area contributed by atoms with Crippen molar-refractivity contribution in [1.82, 2.24) is 19.9 Å². The minimum Gasteiger partial charge on any atom is -0.342 e. The Kier molecular flexibility index (Phi) is 5.41. The van der Waals surface area contributed by atoms with Crippen LogP contribution in [-0.2, 0) is 11.3 Å². The highest BCUT2D eigenvalue weighted by molar-refractivity contribution is 7.08. The summed E-state index contributed by atoms with van der Waals surface area (Å²) >= 11 is 1.59. The molecule has 0 radical (unpaired) electrons. The fraction of sp³-hybridized carbons (Fsp3) is 0.562. The van der Waals surface area contributed by atoms with Crippen LogP contribution in [-0.4, -0.2) is 45.1 Å². The molecule has 136 valence electrons. The third kappa shape index (κ3) is 5.04. The van der Waals surface area contributed by atoms with Crippen LogP contribution in [0.4, 0.5) is 13.2 Å². The first-order valence-electron chi connectivity index (χ1n) is 8.18. The second kappa shape index (κ2) is 7.55. The van der Waals surface area contributed by atoms with Gasteiger partial charge in [0.2, 0.25) is 5.91 Å². The zero-order chi connectivity index (χ0) is 17.9. The number of hydrogen-bond donors (Lipinski definition) is 0. The highest BCUT2D eigenvalue weighted by Gasteiger charge is 2.30. The van der Waals surface area contributed by atoms with Crippen LogP contribution in [0, 0.1) is 5.92 Å². The molecule has 0 bridgehead atoms. The number of likely N-dealkylation sites (tertiary alicyclic amines) is 1. The van der Waals surface area contributed by atoms with Gasteiger partial charge in [-0.2, -0.15) is 24.5 Å². The molecule has 9 heteroatoms. The van der Waals surface area contributed by atoms with E-state index in [4.69, 9.17) is 0 Å². The van der Waals surface area contributed by atoms with Crippen molar-refractivity contribution in [3.8, 4) is 11.3 Å². The summed E-state index contributed by atoms with van der Waals surface area (Å²) in [5, 5.41) is 12.2. The van der Waals surface area contributed by atoms with E-state index in [9.17, 15) is 18.0 Å². The van der Waals surface area contributed by atoms with Gasteiger partial charge in [0, 0.05) is 37.0 Å². The van der Waals surface area contributed by atoms with Gasteiger partial charge in [0.25, 0.3) is 0 Å². The van der Waals surface area contributed by atoms with E-state index < -0.39 is 24.9 Å². The lowest BCUT2D eigenvalue weighted by molar-refractivity contribution is -0.150. The van der Waals surface area contributed by atoms with Gasteiger partial charge in [-0.25, -0.2) is 0 Å². The Labute approximate surface area is 147 Å². The largest absolute Gasteiger partial charge is 0.389 e. The number of carbonyl (C=O) groups excluding carboxylic acids is 1. The number of thiophene rings is 1. The van der Waals surface area contributed by atoms with Crippen LogP contribution in [0.2, 0.25) is 0 Å². The van der Waals surface area contributed by atoms with Crippen molar-refractivity contribution in [3.05, 3.63) is 23.0 Å². The molecule has 1 fully saturated rings.